The van der Waals surface area contributed by atoms with Crippen molar-refractivity contribution in [2.45, 2.75) is 137 Å². The lowest BCUT2D eigenvalue weighted by Crippen LogP contribution is -2.25. The third-order valence-corrected chi connectivity index (χ3v) is 6.00. The van der Waals surface area contributed by atoms with E-state index in [0.29, 0.717) is 32.0 Å². The molecule has 190 valence electrons. The predicted octanol–water partition coefficient (Wildman–Crippen LogP) is 7.86. The molecule has 0 radical (unpaired) electrons. The summed E-state index contributed by atoms with van der Waals surface area (Å²) in [6.45, 7) is 9.58. The Hall–Kier alpha value is -0.740. The first-order chi connectivity index (χ1) is 15.4. The van der Waals surface area contributed by atoms with Gasteiger partial charge in [0.15, 0.2) is 5.78 Å². The van der Waals surface area contributed by atoms with E-state index in [9.17, 15) is 9.59 Å². The minimum Gasteiger partial charge on any atom is -0.379 e. The van der Waals surface area contributed by atoms with Crippen molar-refractivity contribution in [3.05, 3.63) is 0 Å². The Morgan fingerprint density at radius 1 is 0.562 bits per heavy atom. The number of rotatable bonds is 24. The molecule has 0 amide bonds. The van der Waals surface area contributed by atoms with Crippen molar-refractivity contribution >= 4 is 11.6 Å². The van der Waals surface area contributed by atoms with Crippen LogP contribution in [0.4, 0.5) is 0 Å². The van der Waals surface area contributed by atoms with Crippen LogP contribution in [0.25, 0.3) is 0 Å². The largest absolute Gasteiger partial charge is 0.379 e. The molecule has 0 saturated heterocycles. The highest BCUT2D eigenvalue weighted by molar-refractivity contribution is 5.84. The second-order valence-electron chi connectivity index (χ2n) is 10.3. The van der Waals surface area contributed by atoms with Crippen molar-refractivity contribution in [1.29, 1.82) is 0 Å². The number of hydrogen-bond acceptors (Lipinski definition) is 4. The van der Waals surface area contributed by atoms with Crippen LogP contribution in [0.3, 0.4) is 0 Å². The van der Waals surface area contributed by atoms with Crippen molar-refractivity contribution in [3.8, 4) is 0 Å². The second-order valence-corrected chi connectivity index (χ2v) is 10.3. The lowest BCUT2D eigenvalue weighted by molar-refractivity contribution is -0.131. The lowest BCUT2D eigenvalue weighted by Gasteiger charge is -2.16. The van der Waals surface area contributed by atoms with Gasteiger partial charge in [-0.25, -0.2) is 0 Å². The van der Waals surface area contributed by atoms with Crippen LogP contribution in [0.15, 0.2) is 0 Å². The van der Waals surface area contributed by atoms with Gasteiger partial charge in [0.1, 0.15) is 12.4 Å². The van der Waals surface area contributed by atoms with Crippen LogP contribution in [0, 0.1) is 5.41 Å². The average molecular weight is 455 g/mol. The molecule has 0 aromatic heterocycles. The summed E-state index contributed by atoms with van der Waals surface area (Å²) in [5.41, 5.74) is -0.353. The van der Waals surface area contributed by atoms with Gasteiger partial charge in [0.05, 0.1) is 13.2 Å². The first kappa shape index (κ1) is 31.3. The first-order valence-electron chi connectivity index (χ1n) is 13.6. The molecule has 0 bridgehead atoms. The van der Waals surface area contributed by atoms with Crippen LogP contribution < -0.4 is 0 Å². The summed E-state index contributed by atoms with van der Waals surface area (Å²) >= 11 is 0. The number of carbonyl (C=O) groups is 2. The molecule has 0 spiro atoms. The summed E-state index contributed by atoms with van der Waals surface area (Å²) in [5.74, 6) is 0.464. The molecule has 0 N–H and O–H groups in total. The number of Topliss-reactive ketones (excluding diaryl/α,β-unsaturated/α-hetero) is 2. The quantitative estimate of drug-likeness (QED) is 0.139. The summed E-state index contributed by atoms with van der Waals surface area (Å²) in [6.07, 6.45) is 20.9. The Balaban J connectivity index is 3.25. The molecular formula is C28H54O4. The van der Waals surface area contributed by atoms with E-state index in [1.807, 2.05) is 20.8 Å². The minimum atomic E-state index is -0.353. The lowest BCUT2D eigenvalue weighted by atomic mass is 9.91. The highest BCUT2D eigenvalue weighted by Gasteiger charge is 2.20. The van der Waals surface area contributed by atoms with Crippen LogP contribution in [0.2, 0.25) is 0 Å². The molecular weight excluding hydrogens is 400 g/mol. The molecule has 0 aliphatic heterocycles. The van der Waals surface area contributed by atoms with E-state index < -0.39 is 0 Å². The Morgan fingerprint density at radius 2 is 1.00 bits per heavy atom. The van der Waals surface area contributed by atoms with E-state index in [2.05, 4.69) is 6.92 Å². The van der Waals surface area contributed by atoms with Crippen molar-refractivity contribution in [3.63, 3.8) is 0 Å². The molecule has 0 saturated carbocycles. The summed E-state index contributed by atoms with van der Waals surface area (Å²) in [4.78, 5) is 23.7. The Morgan fingerprint density at radius 3 is 1.50 bits per heavy atom. The standard InChI is InChI=1S/C28H54O4/c1-5-6-7-8-9-10-11-12-13-14-15-16-17-18-20-26(29)21-19-22-31-23-24-32-25-27(30)28(2,3)4/h5-25H2,1-4H3. The molecule has 0 unspecified atom stereocenters. The third-order valence-electron chi connectivity index (χ3n) is 6.00. The van der Waals surface area contributed by atoms with Crippen molar-refractivity contribution in [2.75, 3.05) is 26.4 Å². The fourth-order valence-corrected chi connectivity index (χ4v) is 3.61. The zero-order valence-electron chi connectivity index (χ0n) is 22.0. The molecule has 0 aromatic rings. The van der Waals surface area contributed by atoms with E-state index in [4.69, 9.17) is 9.47 Å². The summed E-state index contributed by atoms with van der Waals surface area (Å²) in [5, 5.41) is 0. The van der Waals surface area contributed by atoms with Crippen LogP contribution in [-0.4, -0.2) is 38.0 Å². The van der Waals surface area contributed by atoms with Gasteiger partial charge in [-0.15, -0.1) is 0 Å². The number of carbonyl (C=O) groups excluding carboxylic acids is 2. The normalized spacial score (nSPS) is 11.8. The van der Waals surface area contributed by atoms with E-state index in [0.717, 1.165) is 19.3 Å². The van der Waals surface area contributed by atoms with Gasteiger partial charge in [0.25, 0.3) is 0 Å². The summed E-state index contributed by atoms with van der Waals surface area (Å²) in [7, 11) is 0. The SMILES string of the molecule is CCCCCCCCCCCCCCCCC(=O)CCCOCCOCC(=O)C(C)(C)C. The van der Waals surface area contributed by atoms with Crippen molar-refractivity contribution in [2.24, 2.45) is 5.41 Å². The minimum absolute atomic E-state index is 0.103. The maximum absolute atomic E-state index is 11.9. The van der Waals surface area contributed by atoms with Gasteiger partial charge < -0.3 is 9.47 Å². The molecule has 4 nitrogen and oxygen atoms in total. The molecule has 32 heavy (non-hydrogen) atoms. The van der Waals surface area contributed by atoms with Crippen molar-refractivity contribution < 1.29 is 19.1 Å². The van der Waals surface area contributed by atoms with Gasteiger partial charge in [0.2, 0.25) is 0 Å². The van der Waals surface area contributed by atoms with E-state index in [1.54, 1.807) is 0 Å². The molecule has 0 aliphatic carbocycles. The third kappa shape index (κ3) is 22.5. The van der Waals surface area contributed by atoms with E-state index >= 15 is 0 Å². The van der Waals surface area contributed by atoms with Gasteiger partial charge >= 0.3 is 0 Å². The smallest absolute Gasteiger partial charge is 0.163 e. The molecule has 0 rings (SSSR count). The zero-order valence-corrected chi connectivity index (χ0v) is 22.0. The molecule has 4 heteroatoms. The van der Waals surface area contributed by atoms with Gasteiger partial charge in [-0.3, -0.25) is 9.59 Å². The van der Waals surface area contributed by atoms with Gasteiger partial charge in [-0.05, 0) is 12.8 Å². The molecule has 0 heterocycles. The van der Waals surface area contributed by atoms with Gasteiger partial charge in [-0.2, -0.15) is 0 Å². The summed E-state index contributed by atoms with van der Waals surface area (Å²) in [6, 6.07) is 0. The van der Waals surface area contributed by atoms with Gasteiger partial charge in [0, 0.05) is 24.9 Å². The van der Waals surface area contributed by atoms with Crippen LogP contribution in [0.5, 0.6) is 0 Å². The highest BCUT2D eigenvalue weighted by atomic mass is 16.5. The van der Waals surface area contributed by atoms with Crippen molar-refractivity contribution in [1.82, 2.24) is 0 Å². The molecule has 0 aromatic carbocycles. The Labute approximate surface area is 199 Å². The summed E-state index contributed by atoms with van der Waals surface area (Å²) < 4.78 is 10.8. The van der Waals surface area contributed by atoms with Crippen LogP contribution >= 0.6 is 0 Å². The maximum atomic E-state index is 11.9. The number of hydrogen-bond donors (Lipinski definition) is 0. The van der Waals surface area contributed by atoms with Crippen LogP contribution in [-0.2, 0) is 19.1 Å². The average Bonchev–Trinajstić information content (AvgIpc) is 2.75. The number of ketones is 2. The van der Waals surface area contributed by atoms with E-state index in [-0.39, 0.29) is 17.8 Å². The van der Waals surface area contributed by atoms with E-state index in [1.165, 1.54) is 83.5 Å². The zero-order chi connectivity index (χ0) is 23.9. The fraction of sp³-hybridized carbons (Fsp3) is 0.929. The van der Waals surface area contributed by atoms with Gasteiger partial charge in [-0.1, -0.05) is 111 Å². The van der Waals surface area contributed by atoms with Crippen LogP contribution in [0.1, 0.15) is 137 Å². The topological polar surface area (TPSA) is 52.6 Å². The fourth-order valence-electron chi connectivity index (χ4n) is 3.61. The maximum Gasteiger partial charge on any atom is 0.163 e. The monoisotopic (exact) mass is 454 g/mol. The number of ether oxygens (including phenoxy) is 2. The molecule has 0 atom stereocenters. The molecule has 0 fully saturated rings. The Kier molecular flexibility index (Phi) is 21.6. The highest BCUT2D eigenvalue weighted by Crippen LogP contribution is 2.15. The second kappa shape index (κ2) is 22.1. The first-order valence-corrected chi connectivity index (χ1v) is 13.6. The number of unbranched alkanes of at least 4 members (excludes halogenated alkanes) is 13. The predicted molar refractivity (Wildman–Crippen MR) is 135 cm³/mol. The Bertz CT molecular complexity index is 439. The molecule has 0 aliphatic rings.